The van der Waals surface area contributed by atoms with Gasteiger partial charge in [-0.1, -0.05) is 12.1 Å². The minimum absolute atomic E-state index is 0. The Morgan fingerprint density at radius 1 is 0.674 bits per heavy atom. The summed E-state index contributed by atoms with van der Waals surface area (Å²) >= 11 is 0. The van der Waals surface area contributed by atoms with Crippen molar-refractivity contribution >= 4 is 53.3 Å². The Morgan fingerprint density at radius 3 is 1.35 bits per heavy atom. The average Bonchev–Trinajstić information content (AvgIpc) is 2.80. The zero-order valence-corrected chi connectivity index (χ0v) is 31.9. The molecule has 2 aromatic rings. The first-order valence-electron chi connectivity index (χ1n) is 11.1. The van der Waals surface area contributed by atoms with Crippen LogP contribution in [0, 0.1) is 5.21 Å². The van der Waals surface area contributed by atoms with Gasteiger partial charge in [0.25, 0.3) is 0 Å². The molecule has 0 heterocycles. The van der Waals surface area contributed by atoms with E-state index in [1.807, 2.05) is 0 Å². The molecule has 0 aliphatic heterocycles. The molecule has 0 atom stereocenters. The first-order valence-corrected chi connectivity index (χ1v) is 16.7. The normalized spacial score (nSPS) is 13.2. The van der Waals surface area contributed by atoms with E-state index in [1.165, 1.54) is 20.8 Å². The topological polar surface area (TPSA) is 240 Å². The Kier molecular flexibility index (Phi) is 16.9. The molecule has 2 rings (SSSR count). The van der Waals surface area contributed by atoms with Gasteiger partial charge in [-0.25, -0.2) is 16.8 Å². The zero-order valence-electron chi connectivity index (χ0n) is 24.6. The maximum Gasteiger partial charge on any atom is 1.00 e. The Labute approximate surface area is 296 Å². The van der Waals surface area contributed by atoms with Gasteiger partial charge in [0.05, 0.1) is 15.3 Å². The molecule has 0 saturated heterocycles. The van der Waals surface area contributed by atoms with Crippen LogP contribution in [0.15, 0.2) is 73.1 Å². The third-order valence-electron chi connectivity index (χ3n) is 4.30. The van der Waals surface area contributed by atoms with E-state index in [-0.39, 0.29) is 59.1 Å². The number of aliphatic imine (C=N–C) groups is 1. The number of hydroxylamine groups is 1. The second kappa shape index (κ2) is 16.5. The molecule has 0 fully saturated rings. The molecule has 0 radical (unpaired) electrons. The third kappa shape index (κ3) is 15.6. The second-order valence-electron chi connectivity index (χ2n) is 9.97. The molecule has 0 saturated carbocycles. The molecule has 0 aliphatic carbocycles. The summed E-state index contributed by atoms with van der Waals surface area (Å²) in [5.74, 6) is 0. The van der Waals surface area contributed by atoms with Gasteiger partial charge in [-0.15, -0.1) is 0 Å². The van der Waals surface area contributed by atoms with E-state index in [9.17, 15) is 48.0 Å². The van der Waals surface area contributed by atoms with Crippen LogP contribution < -0.4 is 59.1 Å². The summed E-state index contributed by atoms with van der Waals surface area (Å²) in [7, 11) is -18.1. The molecule has 0 aromatic heterocycles. The van der Waals surface area contributed by atoms with Crippen molar-refractivity contribution in [2.75, 3.05) is 0 Å². The molecule has 15 nitrogen and oxygen atoms in total. The van der Waals surface area contributed by atoms with Crippen molar-refractivity contribution < 1.29 is 115 Å². The van der Waals surface area contributed by atoms with E-state index in [0.29, 0.717) is 17.2 Å². The average molecular weight is 703 g/mol. The van der Waals surface area contributed by atoms with Crippen LogP contribution in [0.2, 0.25) is 0 Å². The van der Waals surface area contributed by atoms with Crippen molar-refractivity contribution in [2.45, 2.75) is 72.2 Å². The van der Waals surface area contributed by atoms with E-state index in [4.69, 9.17) is 0 Å². The van der Waals surface area contributed by atoms with Crippen molar-refractivity contribution in [3.05, 3.63) is 53.7 Å². The van der Waals surface area contributed by atoms with Crippen LogP contribution in [0.1, 0.15) is 41.5 Å². The number of nitrogens with zero attached hydrogens (tertiary/aromatic N) is 2. The van der Waals surface area contributed by atoms with Gasteiger partial charge in [0.2, 0.25) is 0 Å². The van der Waals surface area contributed by atoms with Crippen LogP contribution in [0.5, 0.6) is 0 Å². The van der Waals surface area contributed by atoms with Gasteiger partial charge in [-0.05, 0) is 57.2 Å². The van der Waals surface area contributed by atoms with Gasteiger partial charge < -0.3 is 22.7 Å². The smallest absolute Gasteiger partial charge is 0.744 e. The summed E-state index contributed by atoms with van der Waals surface area (Å²) < 4.78 is 122. The maximum absolute atomic E-state index is 11.8. The van der Waals surface area contributed by atoms with Gasteiger partial charge >= 0.3 is 85.8 Å². The Balaban J connectivity index is 0. The first kappa shape index (κ1) is 44.0. The van der Waals surface area contributed by atoms with Crippen molar-refractivity contribution in [1.29, 1.82) is 0 Å². The molecule has 0 N–H and O–H groups in total. The van der Waals surface area contributed by atoms with Gasteiger partial charge in [0.15, 0.2) is 11.9 Å². The molecule has 0 aliphatic rings. The quantitative estimate of drug-likeness (QED) is 0.0371. The second-order valence-corrected chi connectivity index (χ2v) is 15.9. The van der Waals surface area contributed by atoms with Crippen LogP contribution in [-0.2, 0) is 48.8 Å². The van der Waals surface area contributed by atoms with Crippen LogP contribution in [-0.4, -0.2) is 71.4 Å². The number of hydrogen-bond donors (Lipinski definition) is 0. The summed E-state index contributed by atoms with van der Waals surface area (Å²) in [6, 6.07) is 7.76. The zero-order chi connectivity index (χ0) is 32.1. The molecular weight excluding hydrogens is 674 g/mol. The van der Waals surface area contributed by atoms with Gasteiger partial charge in [0, 0.05) is 20.8 Å². The molecule has 21 heteroatoms. The largest absolute Gasteiger partial charge is 1.00 e. The molecule has 2 aromatic carbocycles. The standard InChI is InChI=1S/C11H15NO7S2.C11H15NO6S2.2Na/c1-11(2,3)12(13)8-19-21(17,18)10-6-4-5-9(7-10)20(14,15)16;1-11(2,3)12-8-18-20(16,17)10-6-4-5-9(7-10)19(13,14)15;;/h4-8H,1-3H3,(H,14,15,16);4-8H,1-3H3,(H,13,14,15);;/q;;2*+1/p-2. The predicted molar refractivity (Wildman–Crippen MR) is 143 cm³/mol. The fraction of sp³-hybridized carbons (Fsp3) is 0.364. The summed E-state index contributed by atoms with van der Waals surface area (Å²) in [5.41, 5.74) is -1.43. The van der Waals surface area contributed by atoms with Gasteiger partial charge in [-0.2, -0.15) is 21.6 Å². The van der Waals surface area contributed by atoms with Gasteiger partial charge in [-0.3, -0.25) is 4.99 Å². The van der Waals surface area contributed by atoms with E-state index in [0.717, 1.165) is 48.9 Å². The summed E-state index contributed by atoms with van der Waals surface area (Å²) in [6.45, 7) is 9.84. The minimum Gasteiger partial charge on any atom is -0.744 e. The Bertz CT molecular complexity index is 1740. The first-order chi connectivity index (χ1) is 18.3. The Hall–Kier alpha value is -1.10. The monoisotopic (exact) mass is 702 g/mol. The van der Waals surface area contributed by atoms with E-state index < -0.39 is 71.1 Å². The molecule has 0 unspecified atom stereocenters. The summed E-state index contributed by atoms with van der Waals surface area (Å²) in [6.07, 6.45) is 1.24. The molecule has 0 spiro atoms. The van der Waals surface area contributed by atoms with Crippen molar-refractivity contribution in [3.63, 3.8) is 0 Å². The number of hydrogen-bond acceptors (Lipinski definition) is 14. The molecular formula is C22H28N2Na2O13S4. The van der Waals surface area contributed by atoms with Crippen molar-refractivity contribution in [1.82, 2.24) is 0 Å². The number of rotatable bonds is 8. The fourth-order valence-electron chi connectivity index (χ4n) is 2.17. The Morgan fingerprint density at radius 2 is 1.02 bits per heavy atom. The van der Waals surface area contributed by atoms with Crippen LogP contribution in [0.4, 0.5) is 0 Å². The minimum atomic E-state index is -4.79. The van der Waals surface area contributed by atoms with Crippen molar-refractivity contribution in [3.8, 4) is 0 Å². The molecule has 0 amide bonds. The number of benzene rings is 2. The van der Waals surface area contributed by atoms with E-state index in [1.54, 1.807) is 20.8 Å². The van der Waals surface area contributed by atoms with E-state index in [2.05, 4.69) is 13.4 Å². The summed E-state index contributed by atoms with van der Waals surface area (Å²) in [5, 5.41) is 11.5. The van der Waals surface area contributed by atoms with Crippen LogP contribution >= 0.6 is 0 Å². The fourth-order valence-corrected chi connectivity index (χ4v) is 4.96. The maximum atomic E-state index is 11.8. The third-order valence-corrected chi connectivity index (χ3v) is 8.31. The molecule has 0 bridgehead atoms. The molecule has 230 valence electrons. The molecule has 43 heavy (non-hydrogen) atoms. The SMILES string of the molecule is CC(C)(C)N=COS(=O)(=O)c1cccc(S(=O)(=O)[O-])c1.CC(C)(C)[N+]([O-])=COS(=O)(=O)c1cccc(S(=O)(=O)[O-])c1.[Na+].[Na+]. The predicted octanol–water partition coefficient (Wildman–Crippen LogP) is -4.24. The van der Waals surface area contributed by atoms with Crippen LogP contribution in [0.25, 0.3) is 0 Å². The van der Waals surface area contributed by atoms with Crippen molar-refractivity contribution in [2.24, 2.45) is 4.99 Å². The van der Waals surface area contributed by atoms with E-state index >= 15 is 0 Å². The van der Waals surface area contributed by atoms with Gasteiger partial charge in [0.1, 0.15) is 30.0 Å². The summed E-state index contributed by atoms with van der Waals surface area (Å²) in [4.78, 5) is 1.50. The van der Waals surface area contributed by atoms with Crippen LogP contribution in [0.3, 0.4) is 0 Å².